The van der Waals surface area contributed by atoms with E-state index in [-0.39, 0.29) is 11.9 Å². The van der Waals surface area contributed by atoms with Crippen LogP contribution in [0.1, 0.15) is 6.92 Å². The summed E-state index contributed by atoms with van der Waals surface area (Å²) in [6, 6.07) is 14.6. The highest BCUT2D eigenvalue weighted by atomic mass is 16.5. The average molecular weight is 356 g/mol. The van der Waals surface area contributed by atoms with E-state index in [0.29, 0.717) is 5.75 Å². The lowest BCUT2D eigenvalue weighted by Gasteiger charge is -2.36. The van der Waals surface area contributed by atoms with Crippen molar-refractivity contribution in [3.05, 3.63) is 48.5 Å². The van der Waals surface area contributed by atoms with Gasteiger partial charge in [0.2, 0.25) is 0 Å². The maximum atomic E-state index is 12.6. The Morgan fingerprint density at radius 2 is 1.92 bits per heavy atom. The van der Waals surface area contributed by atoms with Crippen LogP contribution in [0.15, 0.2) is 48.5 Å². The Labute approximate surface area is 154 Å². The molecule has 1 amide bonds. The smallest absolute Gasteiger partial charge is 0.282 e. The molecule has 0 bridgehead atoms. The van der Waals surface area contributed by atoms with Crippen molar-refractivity contribution in [3.8, 4) is 11.5 Å². The first kappa shape index (κ1) is 18.1. The molecule has 3 N–H and O–H groups in total. The van der Waals surface area contributed by atoms with Gasteiger partial charge in [0, 0.05) is 11.8 Å². The maximum absolute atomic E-state index is 12.6. The number of phenolic OH excluding ortho intramolecular Hbond substituents is 1. The van der Waals surface area contributed by atoms with E-state index in [1.165, 1.54) is 4.90 Å². The summed E-state index contributed by atoms with van der Waals surface area (Å²) in [5.74, 6) is 1.03. The first-order chi connectivity index (χ1) is 12.6. The molecule has 6 nitrogen and oxygen atoms in total. The van der Waals surface area contributed by atoms with Gasteiger partial charge in [-0.25, -0.2) is 0 Å². The molecule has 138 valence electrons. The minimum absolute atomic E-state index is 0.00395. The summed E-state index contributed by atoms with van der Waals surface area (Å²) in [6.45, 7) is 5.27. The molecule has 1 aliphatic rings. The number of carbonyl (C=O) groups is 1. The first-order valence-corrected chi connectivity index (χ1v) is 8.91. The van der Waals surface area contributed by atoms with E-state index < -0.39 is 0 Å². The molecule has 0 saturated carbocycles. The molecule has 1 aliphatic heterocycles. The average Bonchev–Trinajstić information content (AvgIpc) is 2.68. The van der Waals surface area contributed by atoms with Crippen molar-refractivity contribution in [3.63, 3.8) is 0 Å². The first-order valence-electron chi connectivity index (χ1n) is 8.91. The van der Waals surface area contributed by atoms with Crippen LogP contribution in [0.25, 0.3) is 0 Å². The molecule has 1 fully saturated rings. The van der Waals surface area contributed by atoms with Crippen LogP contribution in [0.5, 0.6) is 11.5 Å². The van der Waals surface area contributed by atoms with Gasteiger partial charge in [-0.3, -0.25) is 4.79 Å². The highest BCUT2D eigenvalue weighted by Gasteiger charge is 2.29. The lowest BCUT2D eigenvalue weighted by molar-refractivity contribution is -0.914. The van der Waals surface area contributed by atoms with Crippen LogP contribution in [0.3, 0.4) is 0 Å². The number of nitrogens with one attached hydrogen (secondary N) is 2. The van der Waals surface area contributed by atoms with Crippen molar-refractivity contribution in [1.82, 2.24) is 0 Å². The van der Waals surface area contributed by atoms with Gasteiger partial charge in [-0.05, 0) is 31.2 Å². The Kier molecular flexibility index (Phi) is 5.63. The highest BCUT2D eigenvalue weighted by molar-refractivity contribution is 5.93. The normalized spacial score (nSPS) is 16.2. The fraction of sp³-hybridized carbons (Fsp3) is 0.350. The third kappa shape index (κ3) is 4.08. The van der Waals surface area contributed by atoms with Gasteiger partial charge in [0.25, 0.3) is 5.91 Å². The summed E-state index contributed by atoms with van der Waals surface area (Å²) in [7, 11) is 1.61. The Morgan fingerprint density at radius 3 is 2.62 bits per heavy atom. The summed E-state index contributed by atoms with van der Waals surface area (Å²) in [5.41, 5.74) is 1.61. The van der Waals surface area contributed by atoms with Crippen molar-refractivity contribution >= 4 is 17.3 Å². The Morgan fingerprint density at radius 1 is 1.19 bits per heavy atom. The number of benzene rings is 2. The molecule has 1 atom stereocenters. The van der Waals surface area contributed by atoms with Crippen molar-refractivity contribution in [2.45, 2.75) is 13.0 Å². The monoisotopic (exact) mass is 356 g/mol. The second kappa shape index (κ2) is 8.10. The molecular weight excluding hydrogens is 330 g/mol. The van der Waals surface area contributed by atoms with Crippen LogP contribution in [0.2, 0.25) is 0 Å². The lowest BCUT2D eigenvalue weighted by Crippen LogP contribution is -3.19. The van der Waals surface area contributed by atoms with E-state index in [1.54, 1.807) is 13.2 Å². The minimum atomic E-state index is -0.146. The summed E-state index contributed by atoms with van der Waals surface area (Å²) in [4.78, 5) is 16.0. The van der Waals surface area contributed by atoms with Gasteiger partial charge < -0.3 is 25.0 Å². The minimum Gasteiger partial charge on any atom is -0.506 e. The fourth-order valence-electron chi connectivity index (χ4n) is 3.34. The zero-order valence-electron chi connectivity index (χ0n) is 15.2. The number of para-hydroxylation sites is 2. The van der Waals surface area contributed by atoms with E-state index in [0.717, 1.165) is 43.3 Å². The number of methoxy groups -OCH3 is 1. The fourth-order valence-corrected chi connectivity index (χ4v) is 3.34. The van der Waals surface area contributed by atoms with Gasteiger partial charge in [0.05, 0.1) is 39.0 Å². The topological polar surface area (TPSA) is 66.2 Å². The van der Waals surface area contributed by atoms with Crippen LogP contribution >= 0.6 is 0 Å². The standard InChI is InChI=1S/C20H25N3O3/c1-15(20(25)21-16-6-5-7-17(14-16)26-2)22-10-12-23(13-11-22)18-8-3-4-9-19(18)24/h3-9,14-15,24H,10-13H2,1-2H3,(H,21,25)/p+1/t15-/m0/s1. The molecule has 6 heteroatoms. The second-order valence-electron chi connectivity index (χ2n) is 6.58. The van der Waals surface area contributed by atoms with E-state index >= 15 is 0 Å². The molecule has 0 aliphatic carbocycles. The van der Waals surface area contributed by atoms with Crippen LogP contribution in [0.4, 0.5) is 11.4 Å². The number of aromatic hydroxyl groups is 1. The molecule has 0 radical (unpaired) electrons. The number of hydrogen-bond donors (Lipinski definition) is 3. The van der Waals surface area contributed by atoms with Gasteiger partial charge >= 0.3 is 0 Å². The van der Waals surface area contributed by atoms with Crippen LogP contribution < -0.4 is 19.9 Å². The van der Waals surface area contributed by atoms with Gasteiger partial charge in [-0.2, -0.15) is 0 Å². The highest BCUT2D eigenvalue weighted by Crippen LogP contribution is 2.26. The van der Waals surface area contributed by atoms with Gasteiger partial charge in [-0.15, -0.1) is 0 Å². The predicted molar refractivity (Wildman–Crippen MR) is 102 cm³/mol. The summed E-state index contributed by atoms with van der Waals surface area (Å²) in [6.07, 6.45) is 0. The molecule has 0 aromatic heterocycles. The van der Waals surface area contributed by atoms with Crippen molar-refractivity contribution < 1.29 is 19.5 Å². The SMILES string of the molecule is COc1cccc(NC(=O)[C@H](C)[NH+]2CCN(c3ccccc3O)CC2)c1. The Balaban J connectivity index is 1.56. The number of phenols is 1. The predicted octanol–water partition coefficient (Wildman–Crippen LogP) is 1.13. The zero-order chi connectivity index (χ0) is 18.5. The number of piperazine rings is 1. The number of anilines is 2. The van der Waals surface area contributed by atoms with Crippen LogP contribution in [0, 0.1) is 0 Å². The molecule has 2 aromatic carbocycles. The van der Waals surface area contributed by atoms with Crippen molar-refractivity contribution in [2.75, 3.05) is 43.5 Å². The lowest BCUT2D eigenvalue weighted by atomic mass is 10.2. The van der Waals surface area contributed by atoms with Crippen molar-refractivity contribution in [1.29, 1.82) is 0 Å². The third-order valence-electron chi connectivity index (χ3n) is 4.97. The van der Waals surface area contributed by atoms with E-state index in [9.17, 15) is 9.90 Å². The molecule has 2 aromatic rings. The van der Waals surface area contributed by atoms with E-state index in [4.69, 9.17) is 4.74 Å². The molecule has 0 spiro atoms. The van der Waals surface area contributed by atoms with Gasteiger partial charge in [0.15, 0.2) is 6.04 Å². The van der Waals surface area contributed by atoms with Crippen LogP contribution in [-0.2, 0) is 4.79 Å². The largest absolute Gasteiger partial charge is 0.506 e. The maximum Gasteiger partial charge on any atom is 0.282 e. The van der Waals surface area contributed by atoms with E-state index in [2.05, 4.69) is 10.2 Å². The number of quaternary nitrogens is 1. The number of rotatable bonds is 5. The Bertz CT molecular complexity index is 757. The Hall–Kier alpha value is -2.73. The third-order valence-corrected chi connectivity index (χ3v) is 4.97. The van der Waals surface area contributed by atoms with Crippen molar-refractivity contribution in [2.24, 2.45) is 0 Å². The number of nitrogens with zero attached hydrogens (tertiary/aromatic N) is 1. The molecular formula is C20H26N3O3+. The molecule has 1 heterocycles. The van der Waals surface area contributed by atoms with E-state index in [1.807, 2.05) is 49.4 Å². The summed E-state index contributed by atoms with van der Waals surface area (Å²) < 4.78 is 5.19. The number of amides is 1. The molecule has 1 saturated heterocycles. The number of hydrogen-bond acceptors (Lipinski definition) is 4. The summed E-state index contributed by atoms with van der Waals surface area (Å²) in [5, 5.41) is 13.0. The van der Waals surface area contributed by atoms with Crippen LogP contribution in [-0.4, -0.2) is 50.3 Å². The second-order valence-corrected chi connectivity index (χ2v) is 6.58. The van der Waals surface area contributed by atoms with Gasteiger partial charge in [0.1, 0.15) is 11.5 Å². The number of ether oxygens (including phenoxy) is 1. The summed E-state index contributed by atoms with van der Waals surface area (Å²) >= 11 is 0. The zero-order valence-corrected chi connectivity index (χ0v) is 15.2. The molecule has 26 heavy (non-hydrogen) atoms. The molecule has 3 rings (SSSR count). The molecule has 0 unspecified atom stereocenters. The van der Waals surface area contributed by atoms with Gasteiger partial charge in [-0.1, -0.05) is 18.2 Å². The quantitative estimate of drug-likeness (QED) is 0.752. The number of carbonyl (C=O) groups excluding carboxylic acids is 1.